The van der Waals surface area contributed by atoms with E-state index >= 15 is 0 Å². The topological polar surface area (TPSA) is 75.4 Å². The zero-order valence-electron chi connectivity index (χ0n) is 14.1. The number of hydrogen-bond acceptors (Lipinski definition) is 3. The summed E-state index contributed by atoms with van der Waals surface area (Å²) in [5, 5.41) is 2.83. The van der Waals surface area contributed by atoms with Crippen LogP contribution in [0.2, 0.25) is 0 Å². The van der Waals surface area contributed by atoms with Gasteiger partial charge >= 0.3 is 0 Å². The molecular formula is C20H23N3O2. The number of nitrogens with two attached hydrogens (primary N) is 1. The zero-order chi connectivity index (χ0) is 17.6. The highest BCUT2D eigenvalue weighted by Crippen LogP contribution is 2.20. The van der Waals surface area contributed by atoms with Crippen molar-refractivity contribution >= 4 is 17.5 Å². The minimum Gasteiger partial charge on any atom is -0.343 e. The van der Waals surface area contributed by atoms with Crippen LogP contribution < -0.4 is 16.0 Å². The molecule has 3 rings (SSSR count). The summed E-state index contributed by atoms with van der Waals surface area (Å²) in [7, 11) is 0. The normalized spacial score (nSPS) is 18.7. The van der Waals surface area contributed by atoms with E-state index in [0.29, 0.717) is 19.4 Å². The van der Waals surface area contributed by atoms with E-state index in [-0.39, 0.29) is 11.8 Å². The van der Waals surface area contributed by atoms with Crippen LogP contribution in [0.4, 0.5) is 5.69 Å². The van der Waals surface area contributed by atoms with E-state index in [1.54, 1.807) is 4.90 Å². The first-order chi connectivity index (χ1) is 12.1. The maximum absolute atomic E-state index is 12.7. The Hall–Kier alpha value is -2.66. The number of piperidine rings is 1. The van der Waals surface area contributed by atoms with Crippen LogP contribution in [0.1, 0.15) is 18.4 Å². The van der Waals surface area contributed by atoms with Gasteiger partial charge in [-0.15, -0.1) is 0 Å². The summed E-state index contributed by atoms with van der Waals surface area (Å²) in [5.74, 6) is -0.352. The smallest absolute Gasteiger partial charge is 0.249 e. The number of carbonyl (C=O) groups excluding carboxylic acids is 2. The molecule has 3 N–H and O–H groups in total. The van der Waals surface area contributed by atoms with Crippen LogP contribution in [-0.2, 0) is 16.0 Å². The SMILES string of the molecule is N[C@@H](Cc1ccccc1)C(=O)NC1CCCN(c2ccccc2)C1=O. The Morgan fingerprint density at radius 3 is 2.44 bits per heavy atom. The van der Waals surface area contributed by atoms with Crippen molar-refractivity contribution in [3.05, 3.63) is 66.2 Å². The predicted octanol–water partition coefficient (Wildman–Crippen LogP) is 1.87. The number of nitrogens with one attached hydrogen (secondary N) is 1. The zero-order valence-corrected chi connectivity index (χ0v) is 14.1. The van der Waals surface area contributed by atoms with Gasteiger partial charge in [0.15, 0.2) is 0 Å². The standard InChI is InChI=1S/C20H23N3O2/c21-17(14-15-8-3-1-4-9-15)19(24)22-18-12-7-13-23(20(18)25)16-10-5-2-6-11-16/h1-6,8-11,17-18H,7,12-14,21H2,(H,22,24)/t17-,18?/m0/s1. The second-order valence-electron chi connectivity index (χ2n) is 6.33. The van der Waals surface area contributed by atoms with E-state index in [4.69, 9.17) is 5.73 Å². The van der Waals surface area contributed by atoms with Crippen molar-refractivity contribution in [2.75, 3.05) is 11.4 Å². The van der Waals surface area contributed by atoms with E-state index in [0.717, 1.165) is 17.7 Å². The lowest BCUT2D eigenvalue weighted by molar-refractivity contribution is -0.129. The summed E-state index contributed by atoms with van der Waals surface area (Å²) in [6, 6.07) is 18.0. The molecule has 25 heavy (non-hydrogen) atoms. The van der Waals surface area contributed by atoms with Crippen LogP contribution in [0.5, 0.6) is 0 Å². The van der Waals surface area contributed by atoms with E-state index in [1.807, 2.05) is 60.7 Å². The Morgan fingerprint density at radius 1 is 1.12 bits per heavy atom. The first-order valence-corrected chi connectivity index (χ1v) is 8.61. The van der Waals surface area contributed by atoms with Crippen LogP contribution in [-0.4, -0.2) is 30.4 Å². The lowest BCUT2D eigenvalue weighted by atomic mass is 10.0. The average Bonchev–Trinajstić information content (AvgIpc) is 2.65. The molecule has 0 saturated carbocycles. The molecule has 1 fully saturated rings. The molecule has 2 amide bonds. The van der Waals surface area contributed by atoms with Crippen LogP contribution >= 0.6 is 0 Å². The Morgan fingerprint density at radius 2 is 1.76 bits per heavy atom. The molecule has 130 valence electrons. The van der Waals surface area contributed by atoms with Crippen LogP contribution in [0, 0.1) is 0 Å². The van der Waals surface area contributed by atoms with Crippen LogP contribution in [0.25, 0.3) is 0 Å². The summed E-state index contributed by atoms with van der Waals surface area (Å²) in [4.78, 5) is 26.8. The molecule has 1 heterocycles. The van der Waals surface area contributed by atoms with E-state index in [9.17, 15) is 9.59 Å². The fraction of sp³-hybridized carbons (Fsp3) is 0.300. The minimum absolute atomic E-state index is 0.0716. The highest BCUT2D eigenvalue weighted by Gasteiger charge is 2.31. The van der Waals surface area contributed by atoms with Gasteiger partial charge in [0.05, 0.1) is 6.04 Å². The number of carbonyl (C=O) groups is 2. The Bertz CT molecular complexity index is 718. The van der Waals surface area contributed by atoms with Gasteiger partial charge in [-0.1, -0.05) is 48.5 Å². The predicted molar refractivity (Wildman–Crippen MR) is 98.1 cm³/mol. The molecule has 2 atom stereocenters. The summed E-state index contributed by atoms with van der Waals surface area (Å²) in [6.07, 6.45) is 1.95. The molecule has 1 saturated heterocycles. The molecule has 0 radical (unpaired) electrons. The van der Waals surface area contributed by atoms with Crippen molar-refractivity contribution in [3.8, 4) is 0 Å². The lowest BCUT2D eigenvalue weighted by Crippen LogP contribution is -2.55. The number of para-hydroxylation sites is 1. The number of amides is 2. The first-order valence-electron chi connectivity index (χ1n) is 8.61. The summed E-state index contributed by atoms with van der Waals surface area (Å²) in [6.45, 7) is 0.672. The minimum atomic E-state index is -0.665. The lowest BCUT2D eigenvalue weighted by Gasteiger charge is -2.33. The third-order valence-electron chi connectivity index (χ3n) is 4.46. The van der Waals surface area contributed by atoms with Gasteiger partial charge < -0.3 is 16.0 Å². The molecule has 1 aliphatic heterocycles. The van der Waals surface area contributed by atoms with E-state index in [2.05, 4.69) is 5.32 Å². The quantitative estimate of drug-likeness (QED) is 0.874. The molecule has 2 aromatic rings. The number of hydrogen-bond donors (Lipinski definition) is 2. The first kappa shape index (κ1) is 17.2. The Kier molecular flexibility index (Phi) is 5.46. The fourth-order valence-corrected chi connectivity index (χ4v) is 3.11. The van der Waals surface area contributed by atoms with Gasteiger partial charge in [-0.25, -0.2) is 0 Å². The van der Waals surface area contributed by atoms with Gasteiger partial charge in [0.25, 0.3) is 0 Å². The summed E-state index contributed by atoms with van der Waals surface area (Å²) in [5.41, 5.74) is 7.89. The fourth-order valence-electron chi connectivity index (χ4n) is 3.11. The van der Waals surface area contributed by atoms with Crippen molar-refractivity contribution in [3.63, 3.8) is 0 Å². The molecule has 0 aromatic heterocycles. The van der Waals surface area contributed by atoms with Gasteiger partial charge in [0.1, 0.15) is 6.04 Å². The van der Waals surface area contributed by atoms with Gasteiger partial charge in [-0.2, -0.15) is 0 Å². The summed E-state index contributed by atoms with van der Waals surface area (Å²) < 4.78 is 0. The Labute approximate surface area is 147 Å². The highest BCUT2D eigenvalue weighted by atomic mass is 16.2. The maximum Gasteiger partial charge on any atom is 0.249 e. The number of anilines is 1. The third-order valence-corrected chi connectivity index (χ3v) is 4.46. The van der Waals surface area contributed by atoms with E-state index < -0.39 is 12.1 Å². The number of benzene rings is 2. The molecule has 1 aliphatic rings. The summed E-state index contributed by atoms with van der Waals surface area (Å²) >= 11 is 0. The van der Waals surface area contributed by atoms with Crippen LogP contribution in [0.3, 0.4) is 0 Å². The van der Waals surface area contributed by atoms with Crippen molar-refractivity contribution < 1.29 is 9.59 Å². The molecule has 5 heteroatoms. The molecule has 1 unspecified atom stereocenters. The van der Waals surface area contributed by atoms with Crippen molar-refractivity contribution in [2.45, 2.75) is 31.3 Å². The second-order valence-corrected chi connectivity index (χ2v) is 6.33. The number of rotatable bonds is 5. The molecule has 0 aliphatic carbocycles. The van der Waals surface area contributed by atoms with Gasteiger partial charge in [-0.05, 0) is 37.0 Å². The van der Waals surface area contributed by atoms with E-state index in [1.165, 1.54) is 0 Å². The average molecular weight is 337 g/mol. The van der Waals surface area contributed by atoms with Gasteiger partial charge in [-0.3, -0.25) is 9.59 Å². The highest BCUT2D eigenvalue weighted by molar-refractivity contribution is 6.00. The monoisotopic (exact) mass is 337 g/mol. The van der Waals surface area contributed by atoms with Crippen molar-refractivity contribution in [2.24, 2.45) is 5.73 Å². The third kappa shape index (κ3) is 4.25. The molecule has 0 spiro atoms. The second kappa shape index (κ2) is 7.94. The van der Waals surface area contributed by atoms with Crippen molar-refractivity contribution in [1.82, 2.24) is 5.32 Å². The molecule has 0 bridgehead atoms. The molecular weight excluding hydrogens is 314 g/mol. The van der Waals surface area contributed by atoms with Crippen LogP contribution in [0.15, 0.2) is 60.7 Å². The van der Waals surface area contributed by atoms with Crippen molar-refractivity contribution in [1.29, 1.82) is 0 Å². The maximum atomic E-state index is 12.7. The largest absolute Gasteiger partial charge is 0.343 e. The van der Waals surface area contributed by atoms with Gasteiger partial charge in [0, 0.05) is 12.2 Å². The number of nitrogens with zero attached hydrogens (tertiary/aromatic N) is 1. The molecule has 5 nitrogen and oxygen atoms in total. The molecule has 2 aromatic carbocycles. The Balaban J connectivity index is 1.61. The van der Waals surface area contributed by atoms with Gasteiger partial charge in [0.2, 0.25) is 11.8 Å².